The van der Waals surface area contributed by atoms with Crippen molar-refractivity contribution in [1.82, 2.24) is 4.90 Å². The van der Waals surface area contributed by atoms with Crippen LogP contribution < -0.4 is 0 Å². The fourth-order valence-corrected chi connectivity index (χ4v) is 1.04. The normalized spacial score (nSPS) is 11.4. The molecule has 0 rings (SSSR count). The lowest BCUT2D eigenvalue weighted by atomic mass is 10.1. The summed E-state index contributed by atoms with van der Waals surface area (Å²) in [5, 5.41) is 0. The molecule has 4 nitrogen and oxygen atoms in total. The van der Waals surface area contributed by atoms with E-state index in [4.69, 9.17) is 9.47 Å². The van der Waals surface area contributed by atoms with Crippen molar-refractivity contribution in [3.05, 3.63) is 0 Å². The van der Waals surface area contributed by atoms with Gasteiger partial charge >= 0.3 is 0 Å². The van der Waals surface area contributed by atoms with E-state index < -0.39 is 0 Å². The number of rotatable bonds is 10. The van der Waals surface area contributed by atoms with E-state index in [1.54, 1.807) is 0 Å². The van der Waals surface area contributed by atoms with E-state index >= 15 is 0 Å². The van der Waals surface area contributed by atoms with Gasteiger partial charge in [-0.2, -0.15) is 0 Å². The molecule has 0 saturated heterocycles. The standard InChI is InChI=1S/C12H25NO3/c1-11(2)12(14)10-16-9-8-15-7-5-6-13(3)4/h11H,5-10H2,1-4H3. The monoisotopic (exact) mass is 231 g/mol. The summed E-state index contributed by atoms with van der Waals surface area (Å²) in [6.07, 6.45) is 1.03. The topological polar surface area (TPSA) is 38.8 Å². The first-order chi connectivity index (χ1) is 7.54. The van der Waals surface area contributed by atoms with E-state index in [0.29, 0.717) is 13.2 Å². The number of ketones is 1. The Morgan fingerprint density at radius 1 is 1.12 bits per heavy atom. The van der Waals surface area contributed by atoms with Crippen LogP contribution in [0.3, 0.4) is 0 Å². The van der Waals surface area contributed by atoms with Gasteiger partial charge in [-0.05, 0) is 27.1 Å². The van der Waals surface area contributed by atoms with Crippen molar-refractivity contribution in [3.8, 4) is 0 Å². The molecule has 0 aromatic heterocycles. The van der Waals surface area contributed by atoms with Gasteiger partial charge in [-0.3, -0.25) is 4.79 Å². The number of nitrogens with zero attached hydrogens (tertiary/aromatic N) is 1. The Labute approximate surface area is 98.9 Å². The predicted octanol–water partition coefficient (Wildman–Crippen LogP) is 1.20. The fourth-order valence-electron chi connectivity index (χ4n) is 1.04. The number of carbonyl (C=O) groups excluding carboxylic acids is 1. The maximum atomic E-state index is 11.2. The van der Waals surface area contributed by atoms with Gasteiger partial charge in [0.15, 0.2) is 5.78 Å². The molecular formula is C12H25NO3. The van der Waals surface area contributed by atoms with Crippen LogP contribution in [0, 0.1) is 5.92 Å². The van der Waals surface area contributed by atoms with Crippen LogP contribution in [0.5, 0.6) is 0 Å². The molecule has 16 heavy (non-hydrogen) atoms. The highest BCUT2D eigenvalue weighted by molar-refractivity contribution is 5.81. The average molecular weight is 231 g/mol. The number of Topliss-reactive ketones (excluding diaryl/α,β-unsaturated/α-hetero) is 1. The van der Waals surface area contributed by atoms with Gasteiger partial charge < -0.3 is 14.4 Å². The van der Waals surface area contributed by atoms with Crippen LogP contribution in [0.25, 0.3) is 0 Å². The summed E-state index contributed by atoms with van der Waals surface area (Å²) in [4.78, 5) is 13.3. The van der Waals surface area contributed by atoms with Gasteiger partial charge in [0.1, 0.15) is 6.61 Å². The van der Waals surface area contributed by atoms with Crippen LogP contribution in [-0.4, -0.2) is 57.8 Å². The fraction of sp³-hybridized carbons (Fsp3) is 0.917. The zero-order valence-electron chi connectivity index (χ0n) is 11.0. The summed E-state index contributed by atoms with van der Waals surface area (Å²) in [6.45, 7) is 6.82. The van der Waals surface area contributed by atoms with Gasteiger partial charge in [-0.15, -0.1) is 0 Å². The largest absolute Gasteiger partial charge is 0.379 e. The average Bonchev–Trinajstić information content (AvgIpc) is 2.21. The highest BCUT2D eigenvalue weighted by atomic mass is 16.5. The quantitative estimate of drug-likeness (QED) is 0.530. The molecule has 0 saturated carbocycles. The van der Waals surface area contributed by atoms with Crippen molar-refractivity contribution < 1.29 is 14.3 Å². The maximum Gasteiger partial charge on any atom is 0.160 e. The molecule has 4 heteroatoms. The number of hydrogen-bond donors (Lipinski definition) is 0. The summed E-state index contributed by atoms with van der Waals surface area (Å²) in [7, 11) is 4.08. The van der Waals surface area contributed by atoms with Crippen LogP contribution >= 0.6 is 0 Å². The summed E-state index contributed by atoms with van der Waals surface area (Å²) >= 11 is 0. The molecule has 0 heterocycles. The van der Waals surface area contributed by atoms with Crippen molar-refractivity contribution in [2.75, 3.05) is 47.1 Å². The Balaban J connectivity index is 3.13. The summed E-state index contributed by atoms with van der Waals surface area (Å²) in [5.74, 6) is 0.202. The Morgan fingerprint density at radius 2 is 1.75 bits per heavy atom. The third-order valence-corrected chi connectivity index (χ3v) is 2.15. The molecule has 0 aliphatic rings. The summed E-state index contributed by atoms with van der Waals surface area (Å²) in [5.41, 5.74) is 0. The second-order valence-electron chi connectivity index (χ2n) is 4.44. The Morgan fingerprint density at radius 3 is 2.31 bits per heavy atom. The van der Waals surface area contributed by atoms with Crippen molar-refractivity contribution in [3.63, 3.8) is 0 Å². The van der Waals surface area contributed by atoms with E-state index in [1.165, 1.54) is 0 Å². The lowest BCUT2D eigenvalue weighted by molar-refractivity contribution is -0.127. The van der Waals surface area contributed by atoms with Gasteiger partial charge in [0.05, 0.1) is 13.2 Å². The Hall–Kier alpha value is -0.450. The smallest absolute Gasteiger partial charge is 0.160 e. The first kappa shape index (κ1) is 15.6. The second-order valence-corrected chi connectivity index (χ2v) is 4.44. The molecule has 0 fully saturated rings. The molecule has 0 aliphatic heterocycles. The number of carbonyl (C=O) groups is 1. The molecule has 0 atom stereocenters. The molecule has 0 aromatic carbocycles. The van der Waals surface area contributed by atoms with E-state index in [9.17, 15) is 4.79 Å². The van der Waals surface area contributed by atoms with Gasteiger partial charge in [-0.25, -0.2) is 0 Å². The van der Waals surface area contributed by atoms with Gasteiger partial charge in [-0.1, -0.05) is 13.8 Å². The third kappa shape index (κ3) is 10.1. The molecule has 0 N–H and O–H groups in total. The van der Waals surface area contributed by atoms with Crippen molar-refractivity contribution in [2.45, 2.75) is 20.3 Å². The minimum atomic E-state index is 0.0565. The first-order valence-electron chi connectivity index (χ1n) is 5.87. The summed E-state index contributed by atoms with van der Waals surface area (Å²) in [6, 6.07) is 0. The van der Waals surface area contributed by atoms with E-state index in [2.05, 4.69) is 4.90 Å². The first-order valence-corrected chi connectivity index (χ1v) is 5.87. The molecule has 96 valence electrons. The molecule has 0 aromatic rings. The molecule has 0 aliphatic carbocycles. The van der Waals surface area contributed by atoms with Gasteiger partial charge in [0.25, 0.3) is 0 Å². The van der Waals surface area contributed by atoms with E-state index in [0.717, 1.165) is 19.6 Å². The minimum Gasteiger partial charge on any atom is -0.379 e. The molecule has 0 unspecified atom stereocenters. The third-order valence-electron chi connectivity index (χ3n) is 2.15. The maximum absolute atomic E-state index is 11.2. The van der Waals surface area contributed by atoms with Crippen LogP contribution in [0.15, 0.2) is 0 Å². The lowest BCUT2D eigenvalue weighted by Crippen LogP contribution is -2.18. The minimum absolute atomic E-state index is 0.0565. The molecule has 0 bridgehead atoms. The van der Waals surface area contributed by atoms with Gasteiger partial charge in [0.2, 0.25) is 0 Å². The van der Waals surface area contributed by atoms with Crippen molar-refractivity contribution >= 4 is 5.78 Å². The second kappa shape index (κ2) is 9.75. The van der Waals surface area contributed by atoms with Crippen LogP contribution in [0.2, 0.25) is 0 Å². The van der Waals surface area contributed by atoms with Crippen LogP contribution in [0.4, 0.5) is 0 Å². The summed E-state index contributed by atoms with van der Waals surface area (Å²) < 4.78 is 10.6. The van der Waals surface area contributed by atoms with Gasteiger partial charge in [0, 0.05) is 12.5 Å². The highest BCUT2D eigenvalue weighted by Crippen LogP contribution is 1.94. The number of hydrogen-bond acceptors (Lipinski definition) is 4. The molecular weight excluding hydrogens is 206 g/mol. The van der Waals surface area contributed by atoms with E-state index in [1.807, 2.05) is 27.9 Å². The van der Waals surface area contributed by atoms with Crippen LogP contribution in [-0.2, 0) is 14.3 Å². The Bertz CT molecular complexity index is 181. The molecule has 0 spiro atoms. The highest BCUT2D eigenvalue weighted by Gasteiger charge is 2.06. The number of ether oxygens (including phenoxy) is 2. The Kier molecular flexibility index (Phi) is 9.48. The molecule has 0 amide bonds. The van der Waals surface area contributed by atoms with Crippen molar-refractivity contribution in [1.29, 1.82) is 0 Å². The molecule has 0 radical (unpaired) electrons. The zero-order valence-corrected chi connectivity index (χ0v) is 11.0. The zero-order chi connectivity index (χ0) is 12.4. The lowest BCUT2D eigenvalue weighted by Gasteiger charge is -2.09. The van der Waals surface area contributed by atoms with E-state index in [-0.39, 0.29) is 18.3 Å². The van der Waals surface area contributed by atoms with Crippen LogP contribution in [0.1, 0.15) is 20.3 Å². The predicted molar refractivity (Wildman–Crippen MR) is 64.7 cm³/mol. The SMILES string of the molecule is CC(C)C(=O)COCCOCCCN(C)C. The van der Waals surface area contributed by atoms with Crippen molar-refractivity contribution in [2.24, 2.45) is 5.92 Å².